The molecule has 0 heterocycles. The number of primary amides is 1. The average Bonchev–Trinajstić information content (AvgIpc) is 2.28. The normalized spacial score (nSPS) is 11.5. The van der Waals surface area contributed by atoms with Crippen LogP contribution in [-0.4, -0.2) is 32.9 Å². The number of carbonyl (C=O) groups excluding carboxylic acids is 1. The van der Waals surface area contributed by atoms with Gasteiger partial charge in [0.25, 0.3) is 0 Å². The summed E-state index contributed by atoms with van der Waals surface area (Å²) in [6.07, 6.45) is 1.65. The maximum Gasteiger partial charge on any atom is 0.248 e. The van der Waals surface area contributed by atoms with Crippen LogP contribution in [-0.2, 0) is 16.4 Å². The molecule has 3 N–H and O–H groups in total. The van der Waals surface area contributed by atoms with E-state index in [0.717, 1.165) is 6.07 Å². The first-order valence-electron chi connectivity index (χ1n) is 5.76. The highest BCUT2D eigenvalue weighted by Gasteiger charge is 2.07. The molecule has 0 aliphatic carbocycles. The number of carbonyl (C=O) groups is 1. The molecule has 0 aromatic heterocycles. The quantitative estimate of drug-likeness (QED) is 0.713. The minimum Gasteiger partial charge on any atom is -0.366 e. The lowest BCUT2D eigenvalue weighted by Crippen LogP contribution is -2.19. The van der Waals surface area contributed by atoms with Gasteiger partial charge >= 0.3 is 0 Å². The van der Waals surface area contributed by atoms with Gasteiger partial charge in [-0.2, -0.15) is 0 Å². The van der Waals surface area contributed by atoms with E-state index in [1.54, 1.807) is 0 Å². The third-order valence-electron chi connectivity index (χ3n) is 2.52. The summed E-state index contributed by atoms with van der Waals surface area (Å²) in [4.78, 5) is 10.8. The Morgan fingerprint density at radius 1 is 1.42 bits per heavy atom. The molecular weight excluding hydrogens is 271 g/mol. The number of hydrogen-bond acceptors (Lipinski definition) is 4. The highest BCUT2D eigenvalue weighted by Crippen LogP contribution is 2.10. The van der Waals surface area contributed by atoms with Crippen molar-refractivity contribution in [3.05, 3.63) is 35.1 Å². The Hall–Kier alpha value is -1.47. The highest BCUT2D eigenvalue weighted by atomic mass is 32.2. The van der Waals surface area contributed by atoms with Crippen molar-refractivity contribution in [2.45, 2.75) is 13.0 Å². The summed E-state index contributed by atoms with van der Waals surface area (Å²) < 4.78 is 35.3. The predicted octanol–water partition coefficient (Wildman–Crippen LogP) is 0.449. The predicted molar refractivity (Wildman–Crippen MR) is 71.0 cm³/mol. The lowest BCUT2D eigenvalue weighted by Gasteiger charge is -2.06. The molecule has 0 aliphatic rings. The summed E-state index contributed by atoms with van der Waals surface area (Å²) in [5.74, 6) is -1.08. The smallest absolute Gasteiger partial charge is 0.248 e. The molecule has 0 bridgehead atoms. The Morgan fingerprint density at radius 3 is 2.63 bits per heavy atom. The SMILES string of the molecule is CS(=O)(=O)CCCNCc1ccc(C(N)=O)cc1F. The fourth-order valence-corrected chi connectivity index (χ4v) is 2.20. The van der Waals surface area contributed by atoms with E-state index in [1.807, 2.05) is 0 Å². The Kier molecular flexibility index (Phi) is 5.44. The molecule has 5 nitrogen and oxygen atoms in total. The number of nitrogens with two attached hydrogens (primary N) is 1. The molecule has 0 atom stereocenters. The summed E-state index contributed by atoms with van der Waals surface area (Å²) >= 11 is 0. The van der Waals surface area contributed by atoms with Crippen molar-refractivity contribution < 1.29 is 17.6 Å². The summed E-state index contributed by atoms with van der Waals surface area (Å²) in [6.45, 7) is 0.749. The van der Waals surface area contributed by atoms with Crippen molar-refractivity contribution in [2.24, 2.45) is 5.73 Å². The van der Waals surface area contributed by atoms with E-state index in [-0.39, 0.29) is 17.9 Å². The van der Waals surface area contributed by atoms with Crippen LogP contribution < -0.4 is 11.1 Å². The fourth-order valence-electron chi connectivity index (χ4n) is 1.53. The van der Waals surface area contributed by atoms with Crippen LogP contribution in [0.1, 0.15) is 22.3 Å². The van der Waals surface area contributed by atoms with Crippen LogP contribution >= 0.6 is 0 Å². The monoisotopic (exact) mass is 288 g/mol. The van der Waals surface area contributed by atoms with Crippen LogP contribution in [0.25, 0.3) is 0 Å². The average molecular weight is 288 g/mol. The van der Waals surface area contributed by atoms with E-state index in [2.05, 4.69) is 5.32 Å². The molecule has 0 saturated carbocycles. The van der Waals surface area contributed by atoms with Crippen LogP contribution in [0.2, 0.25) is 0 Å². The molecule has 106 valence electrons. The number of hydrogen-bond donors (Lipinski definition) is 2. The summed E-state index contributed by atoms with van der Waals surface area (Å²) in [7, 11) is -2.96. The number of amides is 1. The molecule has 19 heavy (non-hydrogen) atoms. The number of nitrogens with one attached hydrogen (secondary N) is 1. The molecule has 0 saturated heterocycles. The Labute approximate surface area is 111 Å². The maximum absolute atomic E-state index is 13.6. The lowest BCUT2D eigenvalue weighted by atomic mass is 10.1. The first kappa shape index (κ1) is 15.6. The third kappa shape index (κ3) is 5.80. The highest BCUT2D eigenvalue weighted by molar-refractivity contribution is 7.90. The van der Waals surface area contributed by atoms with E-state index in [1.165, 1.54) is 18.4 Å². The van der Waals surface area contributed by atoms with Crippen molar-refractivity contribution in [3.8, 4) is 0 Å². The van der Waals surface area contributed by atoms with Crippen molar-refractivity contribution in [2.75, 3.05) is 18.6 Å². The zero-order valence-electron chi connectivity index (χ0n) is 10.6. The van der Waals surface area contributed by atoms with Gasteiger partial charge in [0.05, 0.1) is 5.75 Å². The Morgan fingerprint density at radius 2 is 2.11 bits per heavy atom. The largest absolute Gasteiger partial charge is 0.366 e. The molecule has 1 rings (SSSR count). The lowest BCUT2D eigenvalue weighted by molar-refractivity contribution is 0.1000. The minimum absolute atomic E-state index is 0.100. The number of benzene rings is 1. The first-order chi connectivity index (χ1) is 8.79. The van der Waals surface area contributed by atoms with Crippen LogP contribution in [0, 0.1) is 5.82 Å². The van der Waals surface area contributed by atoms with E-state index < -0.39 is 21.6 Å². The van der Waals surface area contributed by atoms with Gasteiger partial charge < -0.3 is 11.1 Å². The molecule has 7 heteroatoms. The minimum atomic E-state index is -2.96. The topological polar surface area (TPSA) is 89.3 Å². The van der Waals surface area contributed by atoms with Gasteiger partial charge in [-0.25, -0.2) is 12.8 Å². The van der Waals surface area contributed by atoms with Crippen LogP contribution in [0.3, 0.4) is 0 Å². The number of sulfone groups is 1. The maximum atomic E-state index is 13.6. The van der Waals surface area contributed by atoms with Gasteiger partial charge in [0.2, 0.25) is 5.91 Å². The molecular formula is C12H17FN2O3S. The zero-order chi connectivity index (χ0) is 14.5. The van der Waals surface area contributed by atoms with Gasteiger partial charge in [-0.3, -0.25) is 4.79 Å². The van der Waals surface area contributed by atoms with E-state index in [9.17, 15) is 17.6 Å². The Bertz CT molecular complexity index is 558. The van der Waals surface area contributed by atoms with Gasteiger partial charge in [-0.1, -0.05) is 6.07 Å². The van der Waals surface area contributed by atoms with Crippen molar-refractivity contribution in [1.82, 2.24) is 5.32 Å². The molecule has 0 spiro atoms. The first-order valence-corrected chi connectivity index (χ1v) is 7.82. The summed E-state index contributed by atoms with van der Waals surface area (Å²) in [6, 6.07) is 4.04. The van der Waals surface area contributed by atoms with E-state index in [0.29, 0.717) is 18.5 Å². The van der Waals surface area contributed by atoms with Crippen LogP contribution in [0.15, 0.2) is 18.2 Å². The van der Waals surface area contributed by atoms with Gasteiger partial charge in [0.1, 0.15) is 15.7 Å². The van der Waals surface area contributed by atoms with Crippen LogP contribution in [0.4, 0.5) is 4.39 Å². The summed E-state index contributed by atoms with van der Waals surface area (Å²) in [5.41, 5.74) is 5.57. The van der Waals surface area contributed by atoms with E-state index >= 15 is 0 Å². The molecule has 0 fully saturated rings. The molecule has 0 aliphatic heterocycles. The summed E-state index contributed by atoms with van der Waals surface area (Å²) in [5, 5.41) is 2.94. The van der Waals surface area contributed by atoms with Gasteiger partial charge in [-0.15, -0.1) is 0 Å². The number of rotatable bonds is 7. The van der Waals surface area contributed by atoms with Crippen molar-refractivity contribution >= 4 is 15.7 Å². The second-order valence-electron chi connectivity index (χ2n) is 4.33. The second kappa shape index (κ2) is 6.63. The van der Waals surface area contributed by atoms with Crippen molar-refractivity contribution in [3.63, 3.8) is 0 Å². The standard InChI is InChI=1S/C12H17FN2O3S/c1-19(17,18)6-2-5-15-8-10-4-3-9(12(14)16)7-11(10)13/h3-4,7,15H,2,5-6,8H2,1H3,(H2,14,16). The van der Waals surface area contributed by atoms with E-state index in [4.69, 9.17) is 5.73 Å². The fraction of sp³-hybridized carbons (Fsp3) is 0.417. The number of halogens is 1. The third-order valence-corrected chi connectivity index (χ3v) is 3.55. The van der Waals surface area contributed by atoms with Gasteiger partial charge in [-0.05, 0) is 25.1 Å². The molecule has 0 radical (unpaired) electrons. The molecule has 1 aromatic carbocycles. The molecule has 1 aromatic rings. The second-order valence-corrected chi connectivity index (χ2v) is 6.59. The van der Waals surface area contributed by atoms with Gasteiger partial charge in [0.15, 0.2) is 0 Å². The van der Waals surface area contributed by atoms with Crippen molar-refractivity contribution in [1.29, 1.82) is 0 Å². The molecule has 1 amide bonds. The van der Waals surface area contributed by atoms with Crippen LogP contribution in [0.5, 0.6) is 0 Å². The molecule has 0 unspecified atom stereocenters. The Balaban J connectivity index is 2.44. The van der Waals surface area contributed by atoms with Gasteiger partial charge in [0, 0.05) is 23.9 Å². The zero-order valence-corrected chi connectivity index (χ0v) is 11.5.